The average molecular weight is 250 g/mol. The first-order valence-corrected chi connectivity index (χ1v) is 4.58. The third-order valence-corrected chi connectivity index (χ3v) is 2.24. The van der Waals surface area contributed by atoms with Crippen LogP contribution in [-0.2, 0) is 4.43 Å². The molecule has 54 valence electrons. The van der Waals surface area contributed by atoms with Crippen molar-refractivity contribution in [3.63, 3.8) is 0 Å². The molecule has 0 atom stereocenters. The summed E-state index contributed by atoms with van der Waals surface area (Å²) in [7, 11) is 0. The van der Waals surface area contributed by atoms with E-state index >= 15 is 0 Å². The van der Waals surface area contributed by atoms with E-state index in [9.17, 15) is 4.39 Å². The first-order valence-electron chi connectivity index (χ1n) is 3.05. The van der Waals surface area contributed by atoms with E-state index in [1.165, 1.54) is 0 Å². The van der Waals surface area contributed by atoms with Crippen LogP contribution >= 0.6 is 22.6 Å². The maximum absolute atomic E-state index is 13.0. The molecule has 0 spiro atoms. The van der Waals surface area contributed by atoms with E-state index in [1.807, 2.05) is 12.1 Å². The minimum absolute atomic E-state index is 0.0584. The Labute approximate surface area is 73.6 Å². The lowest BCUT2D eigenvalue weighted by molar-refractivity contribution is 0.609. The normalized spacial score (nSPS) is 9.90. The van der Waals surface area contributed by atoms with Crippen LogP contribution < -0.4 is 0 Å². The fourth-order valence-electron chi connectivity index (χ4n) is 0.811. The van der Waals surface area contributed by atoms with Crippen LogP contribution in [0, 0.1) is 12.7 Å². The summed E-state index contributed by atoms with van der Waals surface area (Å²) >= 11 is 2.16. The molecular formula is C8H8FI. The van der Waals surface area contributed by atoms with Crippen LogP contribution in [0.1, 0.15) is 11.1 Å². The summed E-state index contributed by atoms with van der Waals surface area (Å²) in [5.74, 6) is -0.0584. The van der Waals surface area contributed by atoms with Crippen LogP contribution in [0.5, 0.6) is 0 Å². The molecule has 0 aliphatic rings. The molecule has 0 N–H and O–H groups in total. The molecule has 0 bridgehead atoms. The number of hydrogen-bond acceptors (Lipinski definition) is 0. The van der Waals surface area contributed by atoms with Crippen molar-refractivity contribution in [2.45, 2.75) is 11.4 Å². The molecule has 1 rings (SSSR count). The fraction of sp³-hybridized carbons (Fsp3) is 0.250. The Hall–Kier alpha value is -0.120. The van der Waals surface area contributed by atoms with E-state index in [-0.39, 0.29) is 5.82 Å². The first kappa shape index (κ1) is 7.98. The van der Waals surface area contributed by atoms with Gasteiger partial charge in [-0.15, -0.1) is 0 Å². The van der Waals surface area contributed by atoms with Crippen molar-refractivity contribution in [3.05, 3.63) is 35.1 Å². The van der Waals surface area contributed by atoms with Crippen molar-refractivity contribution in [3.8, 4) is 0 Å². The minimum atomic E-state index is -0.0584. The first-order chi connectivity index (χ1) is 4.75. The predicted octanol–water partition coefficient (Wildman–Crippen LogP) is 3.07. The molecule has 0 saturated carbocycles. The van der Waals surface area contributed by atoms with Crippen LogP contribution in [0.4, 0.5) is 4.39 Å². The minimum Gasteiger partial charge on any atom is -0.206 e. The van der Waals surface area contributed by atoms with Gasteiger partial charge >= 0.3 is 0 Å². The van der Waals surface area contributed by atoms with Crippen LogP contribution in [0.25, 0.3) is 0 Å². The Bertz CT molecular complexity index is 233. The van der Waals surface area contributed by atoms with E-state index in [0.717, 1.165) is 15.6 Å². The predicted molar refractivity (Wildman–Crippen MR) is 48.9 cm³/mol. The molecule has 0 nitrogen and oxygen atoms in total. The van der Waals surface area contributed by atoms with Gasteiger partial charge in [-0.1, -0.05) is 40.8 Å². The number of halogens is 2. The summed E-state index contributed by atoms with van der Waals surface area (Å²) in [6.45, 7) is 1.78. The number of rotatable bonds is 1. The largest absolute Gasteiger partial charge is 0.206 e. The molecule has 10 heavy (non-hydrogen) atoms. The lowest BCUT2D eigenvalue weighted by Crippen LogP contribution is -1.88. The lowest BCUT2D eigenvalue weighted by Gasteiger charge is -1.99. The van der Waals surface area contributed by atoms with Gasteiger partial charge in [-0.3, -0.25) is 0 Å². The van der Waals surface area contributed by atoms with Crippen molar-refractivity contribution in [1.29, 1.82) is 0 Å². The molecule has 0 heterocycles. The van der Waals surface area contributed by atoms with Gasteiger partial charge in [0.15, 0.2) is 0 Å². The van der Waals surface area contributed by atoms with Crippen molar-refractivity contribution < 1.29 is 4.39 Å². The summed E-state index contributed by atoms with van der Waals surface area (Å²) in [4.78, 5) is 0. The topological polar surface area (TPSA) is 0 Å². The molecule has 0 amide bonds. The zero-order chi connectivity index (χ0) is 7.56. The van der Waals surface area contributed by atoms with Crippen molar-refractivity contribution in [2.75, 3.05) is 0 Å². The van der Waals surface area contributed by atoms with Gasteiger partial charge in [0.2, 0.25) is 0 Å². The van der Waals surface area contributed by atoms with E-state index < -0.39 is 0 Å². The van der Waals surface area contributed by atoms with Crippen LogP contribution in [0.3, 0.4) is 0 Å². The van der Waals surface area contributed by atoms with Crippen LogP contribution in [0.2, 0.25) is 0 Å². The second kappa shape index (κ2) is 3.32. The van der Waals surface area contributed by atoms with Gasteiger partial charge < -0.3 is 0 Å². The summed E-state index contributed by atoms with van der Waals surface area (Å²) in [5, 5.41) is 0. The Morgan fingerprint density at radius 2 is 2.20 bits per heavy atom. The smallest absolute Gasteiger partial charge is 0.130 e. The molecule has 0 saturated heterocycles. The van der Waals surface area contributed by atoms with Crippen molar-refractivity contribution >= 4 is 22.6 Å². The monoisotopic (exact) mass is 250 g/mol. The Balaban J connectivity index is 3.14. The van der Waals surface area contributed by atoms with Gasteiger partial charge in [-0.25, -0.2) is 4.39 Å². The quantitative estimate of drug-likeness (QED) is 0.530. The number of benzene rings is 1. The van der Waals surface area contributed by atoms with E-state index in [1.54, 1.807) is 13.0 Å². The molecule has 0 aromatic heterocycles. The van der Waals surface area contributed by atoms with Gasteiger partial charge in [0.25, 0.3) is 0 Å². The van der Waals surface area contributed by atoms with Gasteiger partial charge in [-0.05, 0) is 18.1 Å². The van der Waals surface area contributed by atoms with Gasteiger partial charge in [-0.2, -0.15) is 0 Å². The summed E-state index contributed by atoms with van der Waals surface area (Å²) in [5.41, 5.74) is 1.52. The lowest BCUT2D eigenvalue weighted by atomic mass is 10.1. The molecule has 0 unspecified atom stereocenters. The van der Waals surface area contributed by atoms with Crippen LogP contribution in [-0.4, -0.2) is 0 Å². The molecule has 1 aromatic rings. The average Bonchev–Trinajstić information content (AvgIpc) is 1.95. The second-order valence-electron chi connectivity index (χ2n) is 2.18. The number of alkyl halides is 1. The molecule has 0 radical (unpaired) electrons. The highest BCUT2D eigenvalue weighted by molar-refractivity contribution is 14.1. The second-order valence-corrected chi connectivity index (χ2v) is 2.94. The highest BCUT2D eigenvalue weighted by atomic mass is 127. The Kier molecular flexibility index (Phi) is 2.65. The standard InChI is InChI=1S/C8H8FI/c1-6-3-2-4-7(5-10)8(6)9/h2-4H,5H2,1H3. The molecule has 0 aliphatic heterocycles. The molecule has 0 fully saturated rings. The zero-order valence-corrected chi connectivity index (χ0v) is 7.85. The molecule has 2 heteroatoms. The van der Waals surface area contributed by atoms with E-state index in [4.69, 9.17) is 0 Å². The van der Waals surface area contributed by atoms with Gasteiger partial charge in [0.1, 0.15) is 5.82 Å². The van der Waals surface area contributed by atoms with Crippen molar-refractivity contribution in [2.24, 2.45) is 0 Å². The molecule has 1 aromatic carbocycles. The summed E-state index contributed by atoms with van der Waals surface area (Å²) in [6.07, 6.45) is 0. The number of hydrogen-bond donors (Lipinski definition) is 0. The Morgan fingerprint density at radius 3 is 2.70 bits per heavy atom. The maximum atomic E-state index is 13.0. The third-order valence-electron chi connectivity index (χ3n) is 1.42. The van der Waals surface area contributed by atoms with Crippen LogP contribution in [0.15, 0.2) is 18.2 Å². The zero-order valence-electron chi connectivity index (χ0n) is 5.70. The van der Waals surface area contributed by atoms with Crippen molar-refractivity contribution in [1.82, 2.24) is 0 Å². The van der Waals surface area contributed by atoms with E-state index in [0.29, 0.717) is 0 Å². The maximum Gasteiger partial charge on any atom is 0.130 e. The third kappa shape index (κ3) is 1.48. The van der Waals surface area contributed by atoms with E-state index in [2.05, 4.69) is 22.6 Å². The summed E-state index contributed by atoms with van der Waals surface area (Å²) in [6, 6.07) is 5.48. The highest BCUT2D eigenvalue weighted by Crippen LogP contribution is 2.14. The molecular weight excluding hydrogens is 242 g/mol. The summed E-state index contributed by atoms with van der Waals surface area (Å²) < 4.78 is 13.7. The SMILES string of the molecule is Cc1cccc(CI)c1F. The fourth-order valence-corrected chi connectivity index (χ4v) is 1.40. The van der Waals surface area contributed by atoms with Gasteiger partial charge in [0, 0.05) is 4.43 Å². The molecule has 0 aliphatic carbocycles. The number of aryl methyl sites for hydroxylation is 1. The Morgan fingerprint density at radius 1 is 1.50 bits per heavy atom. The highest BCUT2D eigenvalue weighted by Gasteiger charge is 2.00. The van der Waals surface area contributed by atoms with Gasteiger partial charge in [0.05, 0.1) is 0 Å².